The van der Waals surface area contributed by atoms with Crippen LogP contribution in [-0.2, 0) is 0 Å². The highest BCUT2D eigenvalue weighted by Gasteiger charge is 2.18. The third kappa shape index (κ3) is 4.94. The van der Waals surface area contributed by atoms with E-state index < -0.39 is 11.5 Å². The van der Waals surface area contributed by atoms with E-state index in [4.69, 9.17) is 4.42 Å². The first kappa shape index (κ1) is 19.7. The van der Waals surface area contributed by atoms with Crippen LogP contribution in [0.15, 0.2) is 33.6 Å². The molecule has 0 aliphatic carbocycles. The molecule has 140 valence electrons. The molecule has 26 heavy (non-hydrogen) atoms. The number of nitrogens with one attached hydrogen (secondary N) is 2. The molecule has 0 saturated carbocycles. The third-order valence-electron chi connectivity index (χ3n) is 4.31. The third-order valence-corrected chi connectivity index (χ3v) is 4.31. The van der Waals surface area contributed by atoms with Crippen LogP contribution in [-0.4, -0.2) is 24.0 Å². The van der Waals surface area contributed by atoms with Crippen molar-refractivity contribution >= 4 is 11.7 Å². The molecule has 0 aliphatic rings. The molecular weight excluding hydrogens is 330 g/mol. The Kier molecular flexibility index (Phi) is 6.95. The molecule has 0 aliphatic heterocycles. The molecule has 0 spiro atoms. The topological polar surface area (TPSA) is 84.2 Å². The molecule has 2 heterocycles. The van der Waals surface area contributed by atoms with Crippen molar-refractivity contribution in [3.8, 4) is 0 Å². The summed E-state index contributed by atoms with van der Waals surface area (Å²) in [6, 6.07) is 5.63. The van der Waals surface area contributed by atoms with Gasteiger partial charge in [-0.15, -0.1) is 0 Å². The smallest absolute Gasteiger partial charge is 0.349 e. The van der Waals surface area contributed by atoms with Gasteiger partial charge in [0.1, 0.15) is 17.1 Å². The standard InChI is InChI=1S/C20H27N3O3/c1-5-7-13(2)16-12-15(4)17(20(25)26-16)19(24)23-11-10-22-18-14(3)8-6-9-21-18/h6,8-9,12-13H,5,7,10-11H2,1-4H3,(H,21,22)(H,23,24). The summed E-state index contributed by atoms with van der Waals surface area (Å²) in [7, 11) is 0. The van der Waals surface area contributed by atoms with Gasteiger partial charge in [-0.1, -0.05) is 26.3 Å². The van der Waals surface area contributed by atoms with Crippen LogP contribution in [0, 0.1) is 13.8 Å². The number of hydrogen-bond acceptors (Lipinski definition) is 5. The fraction of sp³-hybridized carbons (Fsp3) is 0.450. The van der Waals surface area contributed by atoms with Gasteiger partial charge < -0.3 is 15.1 Å². The highest BCUT2D eigenvalue weighted by atomic mass is 16.4. The van der Waals surface area contributed by atoms with Gasteiger partial charge in [-0.05, 0) is 43.5 Å². The summed E-state index contributed by atoms with van der Waals surface area (Å²) in [4.78, 5) is 28.8. The summed E-state index contributed by atoms with van der Waals surface area (Å²) in [6.07, 6.45) is 3.66. The van der Waals surface area contributed by atoms with E-state index in [1.807, 2.05) is 26.0 Å². The fourth-order valence-corrected chi connectivity index (χ4v) is 2.84. The molecule has 1 atom stereocenters. The summed E-state index contributed by atoms with van der Waals surface area (Å²) >= 11 is 0. The predicted octanol–water partition coefficient (Wildman–Crippen LogP) is 3.40. The Morgan fingerprint density at radius 1 is 1.27 bits per heavy atom. The van der Waals surface area contributed by atoms with Gasteiger partial charge in [0.25, 0.3) is 5.91 Å². The number of amides is 1. The second-order valence-electron chi connectivity index (χ2n) is 6.54. The van der Waals surface area contributed by atoms with Gasteiger partial charge in [-0.3, -0.25) is 4.79 Å². The number of pyridine rings is 1. The van der Waals surface area contributed by atoms with Crippen molar-refractivity contribution in [1.29, 1.82) is 0 Å². The summed E-state index contributed by atoms with van der Waals surface area (Å²) in [5.41, 5.74) is 1.18. The van der Waals surface area contributed by atoms with Crippen molar-refractivity contribution in [2.24, 2.45) is 0 Å². The lowest BCUT2D eigenvalue weighted by Gasteiger charge is -2.12. The van der Waals surface area contributed by atoms with Gasteiger partial charge in [0.15, 0.2) is 0 Å². The molecule has 2 N–H and O–H groups in total. The minimum atomic E-state index is -0.575. The quantitative estimate of drug-likeness (QED) is 0.708. The minimum Gasteiger partial charge on any atom is -0.427 e. The second-order valence-corrected chi connectivity index (χ2v) is 6.54. The summed E-state index contributed by atoms with van der Waals surface area (Å²) in [5.74, 6) is 1.17. The first-order chi connectivity index (χ1) is 12.4. The van der Waals surface area contributed by atoms with Gasteiger partial charge in [0.2, 0.25) is 0 Å². The number of hydrogen-bond donors (Lipinski definition) is 2. The maximum absolute atomic E-state index is 12.4. The van der Waals surface area contributed by atoms with Gasteiger partial charge in [0.05, 0.1) is 0 Å². The van der Waals surface area contributed by atoms with Crippen molar-refractivity contribution in [1.82, 2.24) is 10.3 Å². The predicted molar refractivity (Wildman–Crippen MR) is 103 cm³/mol. The summed E-state index contributed by atoms with van der Waals surface area (Å²) < 4.78 is 5.37. The molecule has 6 nitrogen and oxygen atoms in total. The Hall–Kier alpha value is -2.63. The van der Waals surface area contributed by atoms with Crippen LogP contribution in [0.1, 0.15) is 59.9 Å². The van der Waals surface area contributed by atoms with Crippen LogP contribution in [0.4, 0.5) is 5.82 Å². The highest BCUT2D eigenvalue weighted by molar-refractivity contribution is 5.95. The van der Waals surface area contributed by atoms with Gasteiger partial charge in [0, 0.05) is 25.2 Å². The molecule has 2 aromatic rings. The van der Waals surface area contributed by atoms with Gasteiger partial charge >= 0.3 is 5.63 Å². The zero-order valence-electron chi connectivity index (χ0n) is 15.9. The number of nitrogens with zero attached hydrogens (tertiary/aromatic N) is 1. The minimum absolute atomic E-state index is 0.0754. The van der Waals surface area contributed by atoms with Crippen LogP contribution in [0.5, 0.6) is 0 Å². The average molecular weight is 357 g/mol. The van der Waals surface area contributed by atoms with Crippen LogP contribution >= 0.6 is 0 Å². The number of carbonyl (C=O) groups is 1. The Morgan fingerprint density at radius 3 is 2.69 bits per heavy atom. The monoisotopic (exact) mass is 357 g/mol. The van der Waals surface area contributed by atoms with Crippen molar-refractivity contribution < 1.29 is 9.21 Å². The van der Waals surface area contributed by atoms with E-state index in [0.717, 1.165) is 24.2 Å². The molecule has 6 heteroatoms. The van der Waals surface area contributed by atoms with E-state index in [2.05, 4.69) is 22.5 Å². The zero-order chi connectivity index (χ0) is 19.1. The van der Waals surface area contributed by atoms with Crippen molar-refractivity contribution in [3.63, 3.8) is 0 Å². The maximum atomic E-state index is 12.4. The lowest BCUT2D eigenvalue weighted by molar-refractivity contribution is 0.0950. The Bertz CT molecular complexity index is 814. The van der Waals surface area contributed by atoms with Crippen LogP contribution < -0.4 is 16.3 Å². The van der Waals surface area contributed by atoms with E-state index in [1.54, 1.807) is 19.2 Å². The van der Waals surface area contributed by atoms with Crippen molar-refractivity contribution in [2.75, 3.05) is 18.4 Å². The Labute approximate surface area is 154 Å². The SMILES string of the molecule is CCCC(C)c1cc(C)c(C(=O)NCCNc2ncccc2C)c(=O)o1. The van der Waals surface area contributed by atoms with Crippen molar-refractivity contribution in [2.45, 2.75) is 46.5 Å². The fourth-order valence-electron chi connectivity index (χ4n) is 2.84. The zero-order valence-corrected chi connectivity index (χ0v) is 15.9. The highest BCUT2D eigenvalue weighted by Crippen LogP contribution is 2.21. The lowest BCUT2D eigenvalue weighted by Crippen LogP contribution is -2.33. The number of anilines is 1. The van der Waals surface area contributed by atoms with E-state index in [0.29, 0.717) is 24.4 Å². The summed E-state index contributed by atoms with van der Waals surface area (Å²) in [6.45, 7) is 8.73. The summed E-state index contributed by atoms with van der Waals surface area (Å²) in [5, 5.41) is 5.91. The molecule has 2 rings (SSSR count). The van der Waals surface area contributed by atoms with Crippen LogP contribution in [0.3, 0.4) is 0 Å². The van der Waals surface area contributed by atoms with E-state index in [-0.39, 0.29) is 11.5 Å². The number of aromatic nitrogens is 1. The first-order valence-corrected chi connectivity index (χ1v) is 9.02. The molecule has 2 aromatic heterocycles. The molecule has 0 aromatic carbocycles. The van der Waals surface area contributed by atoms with E-state index in [9.17, 15) is 9.59 Å². The molecule has 0 radical (unpaired) electrons. The molecule has 0 fully saturated rings. The number of aryl methyl sites for hydroxylation is 2. The largest absolute Gasteiger partial charge is 0.427 e. The molecule has 1 unspecified atom stereocenters. The van der Waals surface area contributed by atoms with E-state index in [1.165, 1.54) is 0 Å². The van der Waals surface area contributed by atoms with Crippen LogP contribution in [0.2, 0.25) is 0 Å². The average Bonchev–Trinajstić information content (AvgIpc) is 2.59. The first-order valence-electron chi connectivity index (χ1n) is 9.02. The van der Waals surface area contributed by atoms with Gasteiger partial charge in [-0.25, -0.2) is 9.78 Å². The number of rotatable bonds is 8. The van der Waals surface area contributed by atoms with Crippen LogP contribution in [0.25, 0.3) is 0 Å². The normalized spacial score (nSPS) is 11.8. The Balaban J connectivity index is 1.97. The van der Waals surface area contributed by atoms with Gasteiger partial charge in [-0.2, -0.15) is 0 Å². The molecule has 1 amide bonds. The maximum Gasteiger partial charge on any atom is 0.349 e. The Morgan fingerprint density at radius 2 is 2.04 bits per heavy atom. The lowest BCUT2D eigenvalue weighted by atomic mass is 10.0. The molecular formula is C20H27N3O3. The number of carbonyl (C=O) groups excluding carboxylic acids is 1. The van der Waals surface area contributed by atoms with Crippen molar-refractivity contribution in [3.05, 3.63) is 57.3 Å². The second kappa shape index (κ2) is 9.17. The molecule has 0 bridgehead atoms. The van der Waals surface area contributed by atoms with E-state index >= 15 is 0 Å². The molecule has 0 saturated heterocycles.